The Morgan fingerprint density at radius 2 is 1.79 bits per heavy atom. The van der Waals surface area contributed by atoms with E-state index in [0.29, 0.717) is 56.1 Å². The molecular weight excluding hydrogens is 435 g/mol. The number of rotatable bonds is 8. The number of piperazine rings is 1. The van der Waals surface area contributed by atoms with Crippen LogP contribution in [-0.4, -0.2) is 56.6 Å². The highest BCUT2D eigenvalue weighted by Gasteiger charge is 2.32. The Bertz CT molecular complexity index is 1040. The first-order chi connectivity index (χ1) is 16.4. The molecule has 34 heavy (non-hydrogen) atoms. The van der Waals surface area contributed by atoms with Crippen molar-refractivity contribution in [3.63, 3.8) is 0 Å². The number of hydrogen-bond donors (Lipinski definition) is 0. The lowest BCUT2D eigenvalue weighted by molar-refractivity contribution is -0.147. The first-order valence-electron chi connectivity index (χ1n) is 11.6. The topological polar surface area (TPSA) is 76.9 Å². The van der Waals surface area contributed by atoms with E-state index < -0.39 is 6.04 Å². The van der Waals surface area contributed by atoms with Gasteiger partial charge in [0.15, 0.2) is 0 Å². The number of carbonyl (C=O) groups is 2. The number of ether oxygens (including phenoxy) is 1. The van der Waals surface area contributed by atoms with Gasteiger partial charge >= 0.3 is 5.97 Å². The summed E-state index contributed by atoms with van der Waals surface area (Å²) in [6.45, 7) is 6.46. The quantitative estimate of drug-likeness (QED) is 0.550. The van der Waals surface area contributed by atoms with Gasteiger partial charge in [0, 0.05) is 44.8 Å². The summed E-state index contributed by atoms with van der Waals surface area (Å²) in [5, 5.41) is 9.04. The predicted molar refractivity (Wildman–Crippen MR) is 129 cm³/mol. The molecule has 180 valence electrons. The molecule has 0 saturated carbocycles. The standard InChI is InChI=1S/C26H31FN4O3/c1-4-6-24(32)31(5-2)21-11-12-23(22(27)17-21)29-13-15-30(16-14-29)25(26(33)34-3)20-9-7-19(18-28)8-10-20/h7-12,17,25H,4-6,13-16H2,1-3H3. The first kappa shape index (κ1) is 25.2. The van der Waals surface area contributed by atoms with Crippen molar-refractivity contribution in [1.82, 2.24) is 4.90 Å². The second kappa shape index (κ2) is 11.6. The molecule has 0 N–H and O–H groups in total. The van der Waals surface area contributed by atoms with Gasteiger partial charge in [0.1, 0.15) is 11.9 Å². The number of methoxy groups -OCH3 is 1. The van der Waals surface area contributed by atoms with Crippen LogP contribution in [0.4, 0.5) is 15.8 Å². The van der Waals surface area contributed by atoms with Crippen molar-refractivity contribution < 1.29 is 18.7 Å². The van der Waals surface area contributed by atoms with E-state index >= 15 is 4.39 Å². The molecule has 1 aliphatic rings. The van der Waals surface area contributed by atoms with Gasteiger partial charge in [-0.05, 0) is 49.2 Å². The minimum Gasteiger partial charge on any atom is -0.468 e. The number of anilines is 2. The number of amides is 1. The van der Waals surface area contributed by atoms with Gasteiger partial charge in [0.2, 0.25) is 5.91 Å². The van der Waals surface area contributed by atoms with Crippen LogP contribution in [-0.2, 0) is 14.3 Å². The molecule has 0 bridgehead atoms. The highest BCUT2D eigenvalue weighted by molar-refractivity contribution is 5.93. The van der Waals surface area contributed by atoms with Crippen molar-refractivity contribution in [1.29, 1.82) is 5.26 Å². The summed E-state index contributed by atoms with van der Waals surface area (Å²) in [6.07, 6.45) is 1.18. The number of halogens is 1. The third-order valence-electron chi connectivity index (χ3n) is 6.12. The van der Waals surface area contributed by atoms with Crippen LogP contribution in [0, 0.1) is 17.1 Å². The molecular formula is C26H31FN4O3. The van der Waals surface area contributed by atoms with E-state index in [-0.39, 0.29) is 17.7 Å². The van der Waals surface area contributed by atoms with Crippen molar-refractivity contribution in [2.45, 2.75) is 32.7 Å². The third-order valence-corrected chi connectivity index (χ3v) is 6.12. The molecule has 2 aromatic carbocycles. The molecule has 1 amide bonds. The zero-order valence-electron chi connectivity index (χ0n) is 20.0. The van der Waals surface area contributed by atoms with Crippen molar-refractivity contribution >= 4 is 23.3 Å². The van der Waals surface area contributed by atoms with Crippen LogP contribution in [0.25, 0.3) is 0 Å². The van der Waals surface area contributed by atoms with Crippen LogP contribution >= 0.6 is 0 Å². The summed E-state index contributed by atoms with van der Waals surface area (Å²) >= 11 is 0. The SMILES string of the molecule is CCCC(=O)N(CC)c1ccc(N2CCN(C(C(=O)OC)c3ccc(C#N)cc3)CC2)c(F)c1. The van der Waals surface area contributed by atoms with E-state index in [1.54, 1.807) is 41.3 Å². The fourth-order valence-corrected chi connectivity index (χ4v) is 4.34. The van der Waals surface area contributed by atoms with Crippen LogP contribution in [0.1, 0.15) is 43.9 Å². The highest BCUT2D eigenvalue weighted by atomic mass is 19.1. The molecule has 0 aliphatic carbocycles. The number of nitrogens with zero attached hydrogens (tertiary/aromatic N) is 4. The van der Waals surface area contributed by atoms with Crippen molar-refractivity contribution in [3.8, 4) is 6.07 Å². The molecule has 0 aromatic heterocycles. The zero-order chi connectivity index (χ0) is 24.7. The van der Waals surface area contributed by atoms with E-state index in [1.807, 2.05) is 23.6 Å². The van der Waals surface area contributed by atoms with Crippen molar-refractivity contribution in [3.05, 3.63) is 59.4 Å². The molecule has 1 aliphatic heterocycles. The first-order valence-corrected chi connectivity index (χ1v) is 11.6. The van der Waals surface area contributed by atoms with Gasteiger partial charge < -0.3 is 14.5 Å². The molecule has 7 nitrogen and oxygen atoms in total. The minimum absolute atomic E-state index is 0.0116. The largest absolute Gasteiger partial charge is 0.468 e. The van der Waals surface area contributed by atoms with Crippen molar-refractivity contribution in [2.24, 2.45) is 0 Å². The second-order valence-electron chi connectivity index (χ2n) is 8.21. The molecule has 1 unspecified atom stereocenters. The Kier molecular flexibility index (Phi) is 8.61. The number of benzene rings is 2. The number of carbonyl (C=O) groups excluding carboxylic acids is 2. The Morgan fingerprint density at radius 1 is 1.12 bits per heavy atom. The number of nitriles is 1. The maximum atomic E-state index is 15.1. The molecule has 8 heteroatoms. The molecule has 2 aromatic rings. The van der Waals surface area contributed by atoms with Gasteiger partial charge in [-0.3, -0.25) is 9.69 Å². The van der Waals surface area contributed by atoms with E-state index in [1.165, 1.54) is 13.2 Å². The molecule has 3 rings (SSSR count). The van der Waals surface area contributed by atoms with E-state index in [2.05, 4.69) is 6.07 Å². The van der Waals surface area contributed by atoms with E-state index in [0.717, 1.165) is 12.0 Å². The summed E-state index contributed by atoms with van der Waals surface area (Å²) in [7, 11) is 1.36. The van der Waals surface area contributed by atoms with E-state index in [4.69, 9.17) is 10.00 Å². The Balaban J connectivity index is 1.73. The molecule has 1 atom stereocenters. The predicted octanol–water partition coefficient (Wildman–Crippen LogP) is 3.89. The summed E-state index contributed by atoms with van der Waals surface area (Å²) in [6, 6.07) is 13.3. The highest BCUT2D eigenvalue weighted by Crippen LogP contribution is 2.29. The van der Waals surface area contributed by atoms with Gasteiger partial charge in [-0.2, -0.15) is 5.26 Å². The Morgan fingerprint density at radius 3 is 2.32 bits per heavy atom. The number of esters is 1. The van der Waals surface area contributed by atoms with Crippen LogP contribution in [0.5, 0.6) is 0 Å². The van der Waals surface area contributed by atoms with Crippen molar-refractivity contribution in [2.75, 3.05) is 49.6 Å². The summed E-state index contributed by atoms with van der Waals surface area (Å²) in [4.78, 5) is 30.5. The lowest BCUT2D eigenvalue weighted by Gasteiger charge is -2.39. The lowest BCUT2D eigenvalue weighted by Crippen LogP contribution is -2.49. The summed E-state index contributed by atoms with van der Waals surface area (Å²) < 4.78 is 20.1. The van der Waals surface area contributed by atoms with Crippen LogP contribution in [0.3, 0.4) is 0 Å². The molecule has 1 fully saturated rings. The van der Waals surface area contributed by atoms with E-state index in [9.17, 15) is 9.59 Å². The Labute approximate surface area is 200 Å². The normalized spacial score (nSPS) is 14.9. The molecule has 0 spiro atoms. The molecule has 1 saturated heterocycles. The maximum absolute atomic E-state index is 15.1. The monoisotopic (exact) mass is 466 g/mol. The van der Waals surface area contributed by atoms with Crippen LogP contribution in [0.15, 0.2) is 42.5 Å². The van der Waals surface area contributed by atoms with Gasteiger partial charge in [-0.15, -0.1) is 0 Å². The van der Waals surface area contributed by atoms with Gasteiger partial charge in [0.05, 0.1) is 24.4 Å². The maximum Gasteiger partial charge on any atom is 0.327 e. The van der Waals surface area contributed by atoms with Gasteiger partial charge in [-0.1, -0.05) is 19.1 Å². The fraction of sp³-hybridized carbons (Fsp3) is 0.423. The van der Waals surface area contributed by atoms with Crippen LogP contribution < -0.4 is 9.80 Å². The zero-order valence-corrected chi connectivity index (χ0v) is 20.0. The minimum atomic E-state index is -0.588. The average molecular weight is 467 g/mol. The number of hydrogen-bond acceptors (Lipinski definition) is 6. The van der Waals surface area contributed by atoms with Gasteiger partial charge in [0.25, 0.3) is 0 Å². The smallest absolute Gasteiger partial charge is 0.327 e. The summed E-state index contributed by atoms with van der Waals surface area (Å²) in [5.74, 6) is -0.752. The average Bonchev–Trinajstić information content (AvgIpc) is 2.86. The molecule has 0 radical (unpaired) electrons. The van der Waals surface area contributed by atoms with Crippen LogP contribution in [0.2, 0.25) is 0 Å². The second-order valence-corrected chi connectivity index (χ2v) is 8.21. The van der Waals surface area contributed by atoms with Gasteiger partial charge in [-0.25, -0.2) is 9.18 Å². The fourth-order valence-electron chi connectivity index (χ4n) is 4.34. The molecule has 1 heterocycles. The Hall–Kier alpha value is -3.44. The lowest BCUT2D eigenvalue weighted by atomic mass is 10.0. The third kappa shape index (κ3) is 5.54. The summed E-state index contributed by atoms with van der Waals surface area (Å²) in [5.41, 5.74) is 2.32.